The molecule has 2 heterocycles. The molecule has 1 saturated heterocycles. The van der Waals surface area contributed by atoms with Gasteiger partial charge in [0.2, 0.25) is 11.8 Å². The Labute approximate surface area is 180 Å². The summed E-state index contributed by atoms with van der Waals surface area (Å²) >= 11 is 1.43. The fourth-order valence-corrected chi connectivity index (χ4v) is 4.58. The third-order valence-electron chi connectivity index (χ3n) is 5.58. The Morgan fingerprint density at radius 3 is 2.53 bits per heavy atom. The predicted molar refractivity (Wildman–Crippen MR) is 117 cm³/mol. The number of carbonyl (C=O) groups is 2. The number of rotatable bonds is 8. The third-order valence-corrected chi connectivity index (χ3v) is 6.54. The van der Waals surface area contributed by atoms with Crippen LogP contribution in [-0.4, -0.2) is 50.3 Å². The number of nitrogens with zero attached hydrogens (tertiary/aromatic N) is 4. The molecule has 8 heteroatoms. The maximum Gasteiger partial charge on any atom is 0.233 e. The van der Waals surface area contributed by atoms with E-state index in [9.17, 15) is 9.59 Å². The molecule has 2 fully saturated rings. The van der Waals surface area contributed by atoms with Crippen molar-refractivity contribution in [2.24, 2.45) is 5.92 Å². The molecule has 0 spiro atoms. The maximum absolute atomic E-state index is 12.7. The van der Waals surface area contributed by atoms with Crippen LogP contribution in [0.4, 0.5) is 5.69 Å². The number of anilines is 1. The number of amides is 2. The highest BCUT2D eigenvalue weighted by Crippen LogP contribution is 2.40. The van der Waals surface area contributed by atoms with Gasteiger partial charge in [-0.05, 0) is 37.8 Å². The first-order chi connectivity index (χ1) is 14.7. The molecule has 2 amide bonds. The molecular formula is C22H27N5O2S. The van der Waals surface area contributed by atoms with Gasteiger partial charge in [-0.25, -0.2) is 0 Å². The van der Waals surface area contributed by atoms with E-state index in [1.54, 1.807) is 0 Å². The summed E-state index contributed by atoms with van der Waals surface area (Å²) in [7, 11) is 0. The van der Waals surface area contributed by atoms with E-state index < -0.39 is 0 Å². The Kier molecular flexibility index (Phi) is 6.52. The molecule has 30 heavy (non-hydrogen) atoms. The molecule has 7 nitrogen and oxygen atoms in total. The van der Waals surface area contributed by atoms with Crippen molar-refractivity contribution in [1.29, 1.82) is 0 Å². The number of hydrogen-bond acceptors (Lipinski definition) is 5. The molecule has 1 N–H and O–H groups in total. The molecule has 0 radical (unpaired) electrons. The van der Waals surface area contributed by atoms with Gasteiger partial charge >= 0.3 is 0 Å². The van der Waals surface area contributed by atoms with Gasteiger partial charge in [0.1, 0.15) is 5.82 Å². The van der Waals surface area contributed by atoms with Crippen LogP contribution in [0.5, 0.6) is 0 Å². The Balaban J connectivity index is 1.26. The zero-order valence-electron chi connectivity index (χ0n) is 17.0. The number of piperidine rings is 1. The monoisotopic (exact) mass is 425 g/mol. The van der Waals surface area contributed by atoms with Gasteiger partial charge in [-0.3, -0.25) is 9.59 Å². The van der Waals surface area contributed by atoms with Crippen molar-refractivity contribution in [2.75, 3.05) is 24.2 Å². The summed E-state index contributed by atoms with van der Waals surface area (Å²) in [5.41, 5.74) is 0.812. The number of thioether (sulfide) groups is 1. The van der Waals surface area contributed by atoms with E-state index in [1.807, 2.05) is 41.3 Å². The summed E-state index contributed by atoms with van der Waals surface area (Å²) in [6.45, 7) is 5.70. The lowest BCUT2D eigenvalue weighted by atomic mass is 9.96. The Bertz CT molecular complexity index is 902. The van der Waals surface area contributed by atoms with Gasteiger partial charge in [0.15, 0.2) is 5.16 Å². The highest BCUT2D eigenvalue weighted by atomic mass is 32.2. The minimum atomic E-state index is -0.0568. The first kappa shape index (κ1) is 20.7. The number of allylic oxidation sites excluding steroid dienone is 1. The average molecular weight is 426 g/mol. The van der Waals surface area contributed by atoms with Gasteiger partial charge in [-0.2, -0.15) is 0 Å². The summed E-state index contributed by atoms with van der Waals surface area (Å²) in [6.07, 6.45) is 5.53. The van der Waals surface area contributed by atoms with Crippen LogP contribution in [-0.2, 0) is 16.1 Å². The normalized spacial score (nSPS) is 17.0. The quantitative estimate of drug-likeness (QED) is 0.518. The van der Waals surface area contributed by atoms with Crippen LogP contribution in [0.15, 0.2) is 48.1 Å². The number of aromatic nitrogens is 3. The number of hydrogen-bond donors (Lipinski definition) is 1. The molecule has 0 unspecified atom stereocenters. The molecule has 1 aliphatic heterocycles. The summed E-state index contributed by atoms with van der Waals surface area (Å²) in [4.78, 5) is 27.0. The molecular weight excluding hydrogens is 398 g/mol. The fourth-order valence-electron chi connectivity index (χ4n) is 3.73. The number of para-hydroxylation sites is 1. The minimum absolute atomic E-state index is 0.0350. The van der Waals surface area contributed by atoms with Crippen molar-refractivity contribution in [3.05, 3.63) is 48.8 Å². The topological polar surface area (TPSA) is 80.1 Å². The molecule has 2 aliphatic rings. The van der Waals surface area contributed by atoms with E-state index in [2.05, 4.69) is 26.7 Å². The van der Waals surface area contributed by atoms with Gasteiger partial charge in [0.25, 0.3) is 0 Å². The lowest BCUT2D eigenvalue weighted by Gasteiger charge is -2.31. The van der Waals surface area contributed by atoms with Gasteiger partial charge < -0.3 is 14.8 Å². The van der Waals surface area contributed by atoms with Crippen LogP contribution in [0.25, 0.3) is 0 Å². The Hall–Kier alpha value is -2.61. The molecule has 1 aromatic heterocycles. The first-order valence-electron chi connectivity index (χ1n) is 10.5. The van der Waals surface area contributed by atoms with Gasteiger partial charge in [0, 0.05) is 37.2 Å². The van der Waals surface area contributed by atoms with Crippen molar-refractivity contribution >= 4 is 29.3 Å². The van der Waals surface area contributed by atoms with Crippen molar-refractivity contribution in [3.63, 3.8) is 0 Å². The summed E-state index contributed by atoms with van der Waals surface area (Å²) in [5.74, 6) is 1.91. The second-order valence-electron chi connectivity index (χ2n) is 7.81. The average Bonchev–Trinajstić information content (AvgIpc) is 3.54. The van der Waals surface area contributed by atoms with Crippen molar-refractivity contribution < 1.29 is 9.59 Å². The molecule has 1 saturated carbocycles. The van der Waals surface area contributed by atoms with E-state index in [0.29, 0.717) is 44.1 Å². The zero-order chi connectivity index (χ0) is 20.9. The van der Waals surface area contributed by atoms with Crippen LogP contribution >= 0.6 is 11.8 Å². The number of nitrogens with one attached hydrogen (secondary N) is 1. The Morgan fingerprint density at radius 2 is 1.87 bits per heavy atom. The lowest BCUT2D eigenvalue weighted by molar-refractivity contribution is -0.132. The third kappa shape index (κ3) is 4.92. The van der Waals surface area contributed by atoms with E-state index in [1.165, 1.54) is 11.8 Å². The molecule has 1 aliphatic carbocycles. The lowest BCUT2D eigenvalue weighted by Crippen LogP contribution is -2.42. The summed E-state index contributed by atoms with van der Waals surface area (Å²) < 4.78 is 2.07. The zero-order valence-corrected chi connectivity index (χ0v) is 17.8. The summed E-state index contributed by atoms with van der Waals surface area (Å²) in [5, 5.41) is 12.4. The molecule has 4 rings (SSSR count). The molecule has 1 aromatic carbocycles. The number of benzene rings is 1. The number of carbonyl (C=O) groups excluding carboxylic acids is 2. The van der Waals surface area contributed by atoms with Gasteiger partial charge in [-0.1, -0.05) is 36.0 Å². The summed E-state index contributed by atoms with van der Waals surface area (Å²) in [6, 6.07) is 9.49. The molecule has 0 bridgehead atoms. The molecule has 0 atom stereocenters. The van der Waals surface area contributed by atoms with Crippen LogP contribution in [0.2, 0.25) is 0 Å². The second-order valence-corrected chi connectivity index (χ2v) is 8.76. The van der Waals surface area contributed by atoms with E-state index in [4.69, 9.17) is 0 Å². The van der Waals surface area contributed by atoms with E-state index in [0.717, 1.165) is 29.5 Å². The SMILES string of the molecule is C=CCn1c(SCC(=O)N2CCC(C(=O)Nc3ccccc3)CC2)nnc1C1CC1. The maximum atomic E-state index is 12.7. The molecule has 158 valence electrons. The van der Waals surface area contributed by atoms with Crippen molar-refractivity contribution in [3.8, 4) is 0 Å². The van der Waals surface area contributed by atoms with Crippen molar-refractivity contribution in [1.82, 2.24) is 19.7 Å². The fraction of sp³-hybridized carbons (Fsp3) is 0.455. The Morgan fingerprint density at radius 1 is 1.13 bits per heavy atom. The number of likely N-dealkylation sites (tertiary alicyclic amines) is 1. The highest BCUT2D eigenvalue weighted by molar-refractivity contribution is 7.99. The first-order valence-corrected chi connectivity index (χ1v) is 11.4. The molecule has 2 aromatic rings. The van der Waals surface area contributed by atoms with Crippen molar-refractivity contribution in [2.45, 2.75) is 43.3 Å². The van der Waals surface area contributed by atoms with Crippen LogP contribution < -0.4 is 5.32 Å². The largest absolute Gasteiger partial charge is 0.342 e. The minimum Gasteiger partial charge on any atom is -0.342 e. The van der Waals surface area contributed by atoms with E-state index >= 15 is 0 Å². The van der Waals surface area contributed by atoms with Crippen LogP contribution in [0, 0.1) is 5.92 Å². The van der Waals surface area contributed by atoms with Crippen LogP contribution in [0.3, 0.4) is 0 Å². The van der Waals surface area contributed by atoms with Gasteiger partial charge in [0.05, 0.1) is 5.75 Å². The second kappa shape index (κ2) is 9.47. The highest BCUT2D eigenvalue weighted by Gasteiger charge is 2.31. The van der Waals surface area contributed by atoms with Crippen LogP contribution in [0.1, 0.15) is 37.4 Å². The smallest absolute Gasteiger partial charge is 0.233 e. The van der Waals surface area contributed by atoms with E-state index in [-0.39, 0.29) is 17.7 Å². The predicted octanol–water partition coefficient (Wildman–Crippen LogP) is 3.31. The van der Waals surface area contributed by atoms with Gasteiger partial charge in [-0.15, -0.1) is 16.8 Å². The standard InChI is InChI=1S/C22H27N5O2S/c1-2-12-27-20(16-8-9-16)24-25-22(27)30-15-19(28)26-13-10-17(11-14-26)21(29)23-18-6-4-3-5-7-18/h2-7,16-17H,1,8-15H2,(H,23,29).